The van der Waals surface area contributed by atoms with Crippen LogP contribution in [-0.2, 0) is 17.8 Å². The Balaban J connectivity index is 1.92. The average Bonchev–Trinajstić information content (AvgIpc) is 2.81. The summed E-state index contributed by atoms with van der Waals surface area (Å²) in [5.74, 6) is 1.21. The van der Waals surface area contributed by atoms with Crippen molar-refractivity contribution in [2.75, 3.05) is 0 Å². The zero-order valence-electron chi connectivity index (χ0n) is 12.5. The maximum atomic E-state index is 11.4. The first-order valence-electron chi connectivity index (χ1n) is 7.79. The van der Waals surface area contributed by atoms with E-state index in [1.165, 1.54) is 0 Å². The number of ketones is 1. The lowest BCUT2D eigenvalue weighted by Crippen LogP contribution is -2.37. The topological polar surface area (TPSA) is 55.1 Å². The van der Waals surface area contributed by atoms with Crippen molar-refractivity contribution in [3.63, 3.8) is 0 Å². The van der Waals surface area contributed by atoms with E-state index in [2.05, 4.69) is 17.6 Å². The predicted molar refractivity (Wildman–Crippen MR) is 82.2 cm³/mol. The van der Waals surface area contributed by atoms with Crippen molar-refractivity contribution >= 4 is 16.8 Å². The zero-order valence-corrected chi connectivity index (χ0v) is 12.5. The highest BCUT2D eigenvalue weighted by Crippen LogP contribution is 2.30. The number of benzene rings is 1. The van der Waals surface area contributed by atoms with Crippen molar-refractivity contribution in [1.82, 2.24) is 9.55 Å². The minimum atomic E-state index is -0.777. The molecule has 0 aliphatic heterocycles. The molecule has 0 atom stereocenters. The van der Waals surface area contributed by atoms with Gasteiger partial charge < -0.3 is 9.67 Å². The van der Waals surface area contributed by atoms with Gasteiger partial charge in [-0.25, -0.2) is 4.98 Å². The molecule has 0 bridgehead atoms. The van der Waals surface area contributed by atoms with Gasteiger partial charge in [0.25, 0.3) is 0 Å². The molecule has 0 saturated heterocycles. The molecule has 1 aromatic heterocycles. The zero-order chi connectivity index (χ0) is 14.9. The summed E-state index contributed by atoms with van der Waals surface area (Å²) in [4.78, 5) is 16.1. The molecule has 1 saturated carbocycles. The molecule has 2 aromatic rings. The fraction of sp³-hybridized carbons (Fsp3) is 0.529. The fourth-order valence-corrected chi connectivity index (χ4v) is 3.20. The number of carbonyl (C=O) groups is 1. The van der Waals surface area contributed by atoms with Crippen LogP contribution in [0.4, 0.5) is 0 Å². The molecule has 21 heavy (non-hydrogen) atoms. The highest BCUT2D eigenvalue weighted by Gasteiger charge is 2.34. The number of para-hydroxylation sites is 2. The second kappa shape index (κ2) is 5.60. The van der Waals surface area contributed by atoms with Gasteiger partial charge in [0.15, 0.2) is 0 Å². The third-order valence-corrected chi connectivity index (χ3v) is 4.41. The molecule has 4 nitrogen and oxygen atoms in total. The number of aryl methyl sites for hydroxylation is 1. The van der Waals surface area contributed by atoms with Crippen molar-refractivity contribution in [3.05, 3.63) is 30.1 Å². The van der Waals surface area contributed by atoms with E-state index < -0.39 is 5.60 Å². The van der Waals surface area contributed by atoms with E-state index in [4.69, 9.17) is 4.98 Å². The summed E-state index contributed by atoms with van der Waals surface area (Å²) in [6, 6.07) is 8.10. The highest BCUT2D eigenvalue weighted by molar-refractivity contribution is 5.79. The number of rotatable bonds is 4. The van der Waals surface area contributed by atoms with Crippen molar-refractivity contribution in [3.8, 4) is 0 Å². The van der Waals surface area contributed by atoms with E-state index in [0.717, 1.165) is 29.8 Å². The maximum Gasteiger partial charge on any atom is 0.133 e. The third kappa shape index (κ3) is 2.86. The van der Waals surface area contributed by atoms with Gasteiger partial charge in [-0.15, -0.1) is 0 Å². The van der Waals surface area contributed by atoms with Crippen molar-refractivity contribution in [2.45, 2.75) is 57.6 Å². The number of carbonyl (C=O) groups excluding carboxylic acids is 1. The molecule has 1 N–H and O–H groups in total. The number of aliphatic hydroxyl groups is 1. The van der Waals surface area contributed by atoms with E-state index in [9.17, 15) is 9.90 Å². The molecule has 4 heteroatoms. The second-order valence-electron chi connectivity index (χ2n) is 6.11. The molecule has 112 valence electrons. The minimum Gasteiger partial charge on any atom is -0.389 e. The first-order valence-corrected chi connectivity index (χ1v) is 7.79. The van der Waals surface area contributed by atoms with Crippen LogP contribution >= 0.6 is 0 Å². The highest BCUT2D eigenvalue weighted by atomic mass is 16.3. The lowest BCUT2D eigenvalue weighted by Gasteiger charge is -2.31. The van der Waals surface area contributed by atoms with Crippen LogP contribution in [0.15, 0.2) is 24.3 Å². The van der Waals surface area contributed by atoms with Gasteiger partial charge in [-0.1, -0.05) is 19.1 Å². The number of aromatic nitrogens is 2. The van der Waals surface area contributed by atoms with E-state index in [-0.39, 0.29) is 5.78 Å². The largest absolute Gasteiger partial charge is 0.389 e. The van der Waals surface area contributed by atoms with Crippen LogP contribution < -0.4 is 0 Å². The molecule has 0 spiro atoms. The smallest absolute Gasteiger partial charge is 0.133 e. The molecule has 0 radical (unpaired) electrons. The molecule has 1 aliphatic rings. The lowest BCUT2D eigenvalue weighted by atomic mass is 9.81. The van der Waals surface area contributed by atoms with Crippen LogP contribution in [0.5, 0.6) is 0 Å². The van der Waals surface area contributed by atoms with Crippen LogP contribution in [0, 0.1) is 0 Å². The van der Waals surface area contributed by atoms with Crippen LogP contribution in [0.25, 0.3) is 11.0 Å². The van der Waals surface area contributed by atoms with Crippen LogP contribution in [0.3, 0.4) is 0 Å². The SMILES string of the molecule is CCCn1c(CC2(O)CCC(=O)CC2)nc2ccccc21. The standard InChI is InChI=1S/C17H22N2O2/c1-2-11-19-15-6-4-3-5-14(15)18-16(19)12-17(21)9-7-13(20)8-10-17/h3-6,21H,2,7-12H2,1H3. The monoisotopic (exact) mass is 286 g/mol. The summed E-state index contributed by atoms with van der Waals surface area (Å²) < 4.78 is 2.21. The molecule has 0 unspecified atom stereocenters. The average molecular weight is 286 g/mol. The van der Waals surface area contributed by atoms with Crippen molar-refractivity contribution in [2.24, 2.45) is 0 Å². The van der Waals surface area contributed by atoms with Gasteiger partial charge in [-0.3, -0.25) is 4.79 Å². The third-order valence-electron chi connectivity index (χ3n) is 4.41. The van der Waals surface area contributed by atoms with Crippen molar-refractivity contribution < 1.29 is 9.90 Å². The van der Waals surface area contributed by atoms with Gasteiger partial charge >= 0.3 is 0 Å². The van der Waals surface area contributed by atoms with Gasteiger partial charge in [-0.05, 0) is 31.4 Å². The van der Waals surface area contributed by atoms with Crippen LogP contribution in [0.2, 0.25) is 0 Å². The molecule has 1 heterocycles. The van der Waals surface area contributed by atoms with Gasteiger partial charge in [0.1, 0.15) is 11.6 Å². The van der Waals surface area contributed by atoms with E-state index in [1.807, 2.05) is 18.2 Å². The molecule has 1 aliphatic carbocycles. The first kappa shape index (κ1) is 14.3. The fourth-order valence-electron chi connectivity index (χ4n) is 3.20. The van der Waals surface area contributed by atoms with Gasteiger partial charge in [0.2, 0.25) is 0 Å². The molecule has 1 aromatic carbocycles. The number of nitrogens with zero attached hydrogens (tertiary/aromatic N) is 2. The van der Waals surface area contributed by atoms with Crippen LogP contribution in [-0.4, -0.2) is 26.0 Å². The molecular formula is C17H22N2O2. The Labute approximate surface area is 124 Å². The maximum absolute atomic E-state index is 11.4. The number of hydrogen-bond acceptors (Lipinski definition) is 3. The molecule has 1 fully saturated rings. The minimum absolute atomic E-state index is 0.265. The molecule has 0 amide bonds. The van der Waals surface area contributed by atoms with Gasteiger partial charge in [0.05, 0.1) is 16.6 Å². The summed E-state index contributed by atoms with van der Waals surface area (Å²) in [5.41, 5.74) is 1.34. The quantitative estimate of drug-likeness (QED) is 0.940. The van der Waals surface area contributed by atoms with Crippen LogP contribution in [0.1, 0.15) is 44.9 Å². The number of Topliss-reactive ketones (excluding diaryl/α,β-unsaturated/α-hetero) is 1. The predicted octanol–water partition coefficient (Wildman–Crippen LogP) is 2.86. The normalized spacial score (nSPS) is 18.3. The Morgan fingerprint density at radius 2 is 2.00 bits per heavy atom. The van der Waals surface area contributed by atoms with Gasteiger partial charge in [0, 0.05) is 25.8 Å². The first-order chi connectivity index (χ1) is 10.1. The summed E-state index contributed by atoms with van der Waals surface area (Å²) in [5, 5.41) is 10.8. The Morgan fingerprint density at radius 1 is 1.29 bits per heavy atom. The van der Waals surface area contributed by atoms with Gasteiger partial charge in [-0.2, -0.15) is 0 Å². The number of hydrogen-bond donors (Lipinski definition) is 1. The number of fused-ring (bicyclic) bond motifs is 1. The van der Waals surface area contributed by atoms with E-state index in [0.29, 0.717) is 32.1 Å². The second-order valence-corrected chi connectivity index (χ2v) is 6.11. The molecular weight excluding hydrogens is 264 g/mol. The summed E-state index contributed by atoms with van der Waals surface area (Å²) >= 11 is 0. The summed E-state index contributed by atoms with van der Waals surface area (Å²) in [6.45, 7) is 3.05. The Kier molecular flexibility index (Phi) is 3.81. The number of imidazole rings is 1. The summed E-state index contributed by atoms with van der Waals surface area (Å²) in [7, 11) is 0. The summed E-state index contributed by atoms with van der Waals surface area (Å²) in [6.07, 6.45) is 3.66. The Morgan fingerprint density at radius 3 is 2.71 bits per heavy atom. The lowest BCUT2D eigenvalue weighted by molar-refractivity contribution is -0.125. The van der Waals surface area contributed by atoms with Crippen molar-refractivity contribution in [1.29, 1.82) is 0 Å². The molecule has 3 rings (SSSR count). The Hall–Kier alpha value is -1.68. The Bertz CT molecular complexity index is 650. The van der Waals surface area contributed by atoms with E-state index in [1.54, 1.807) is 0 Å². The van der Waals surface area contributed by atoms with E-state index >= 15 is 0 Å².